The zero-order valence-electron chi connectivity index (χ0n) is 11.9. The molecule has 3 rings (SSSR count). The summed E-state index contributed by atoms with van der Waals surface area (Å²) in [7, 11) is 1.90. The van der Waals surface area contributed by atoms with Crippen LogP contribution in [-0.4, -0.2) is 17.0 Å². The van der Waals surface area contributed by atoms with E-state index in [0.29, 0.717) is 0 Å². The molecule has 0 fully saturated rings. The summed E-state index contributed by atoms with van der Waals surface area (Å²) in [5.41, 5.74) is 3.83. The quantitative estimate of drug-likeness (QED) is 0.791. The van der Waals surface area contributed by atoms with Crippen LogP contribution in [0.15, 0.2) is 29.6 Å². The van der Waals surface area contributed by atoms with Crippen molar-refractivity contribution < 1.29 is 0 Å². The third-order valence-electron chi connectivity index (χ3n) is 3.25. The number of anilines is 1. The molecule has 3 nitrogen and oxygen atoms in total. The van der Waals surface area contributed by atoms with Crippen molar-refractivity contribution in [2.45, 2.75) is 20.3 Å². The Morgan fingerprint density at radius 3 is 2.55 bits per heavy atom. The van der Waals surface area contributed by atoms with Crippen LogP contribution in [0.5, 0.6) is 0 Å². The average molecular weight is 283 g/mol. The van der Waals surface area contributed by atoms with Gasteiger partial charge in [0.15, 0.2) is 0 Å². The van der Waals surface area contributed by atoms with Gasteiger partial charge in [0.2, 0.25) is 0 Å². The Morgan fingerprint density at radius 2 is 1.85 bits per heavy atom. The van der Waals surface area contributed by atoms with Crippen LogP contribution >= 0.6 is 11.3 Å². The van der Waals surface area contributed by atoms with Gasteiger partial charge in [0.05, 0.1) is 5.39 Å². The first-order valence-corrected chi connectivity index (χ1v) is 7.53. The molecule has 20 heavy (non-hydrogen) atoms. The van der Waals surface area contributed by atoms with Gasteiger partial charge in [-0.1, -0.05) is 29.3 Å². The Kier molecular flexibility index (Phi) is 3.40. The lowest BCUT2D eigenvalue weighted by atomic mass is 10.0. The summed E-state index contributed by atoms with van der Waals surface area (Å²) < 4.78 is 0. The van der Waals surface area contributed by atoms with Crippen molar-refractivity contribution >= 4 is 27.4 Å². The van der Waals surface area contributed by atoms with Gasteiger partial charge < -0.3 is 5.32 Å². The highest BCUT2D eigenvalue weighted by molar-refractivity contribution is 7.16. The maximum absolute atomic E-state index is 4.67. The lowest BCUT2D eigenvalue weighted by molar-refractivity contribution is 0.993. The molecule has 0 saturated heterocycles. The van der Waals surface area contributed by atoms with Gasteiger partial charge in [-0.25, -0.2) is 9.97 Å². The normalized spacial score (nSPS) is 10.9. The van der Waals surface area contributed by atoms with Crippen LogP contribution in [-0.2, 0) is 6.42 Å². The Labute approximate surface area is 122 Å². The number of rotatable bonds is 3. The van der Waals surface area contributed by atoms with Crippen molar-refractivity contribution in [3.05, 3.63) is 52.2 Å². The molecule has 2 heterocycles. The highest BCUT2D eigenvalue weighted by atomic mass is 32.1. The molecule has 0 unspecified atom stereocenters. The van der Waals surface area contributed by atoms with E-state index in [-0.39, 0.29) is 0 Å². The van der Waals surface area contributed by atoms with Crippen molar-refractivity contribution in [2.75, 3.05) is 12.4 Å². The number of fused-ring (bicyclic) bond motifs is 1. The van der Waals surface area contributed by atoms with E-state index in [4.69, 9.17) is 0 Å². The first-order chi connectivity index (χ1) is 9.65. The Bertz CT molecular complexity index is 741. The van der Waals surface area contributed by atoms with E-state index >= 15 is 0 Å². The zero-order valence-corrected chi connectivity index (χ0v) is 12.7. The maximum Gasteiger partial charge on any atom is 0.138 e. The van der Waals surface area contributed by atoms with Crippen LogP contribution in [0, 0.1) is 13.8 Å². The van der Waals surface area contributed by atoms with Gasteiger partial charge in [-0.05, 0) is 30.9 Å². The number of benzene rings is 1. The molecule has 0 saturated carbocycles. The smallest absolute Gasteiger partial charge is 0.138 e. The number of thiophene rings is 1. The van der Waals surface area contributed by atoms with Gasteiger partial charge in [-0.15, -0.1) is 11.3 Å². The molecule has 3 aromatic rings. The molecule has 1 aromatic carbocycles. The van der Waals surface area contributed by atoms with Crippen molar-refractivity contribution in [1.82, 2.24) is 9.97 Å². The van der Waals surface area contributed by atoms with Gasteiger partial charge in [0, 0.05) is 13.5 Å². The van der Waals surface area contributed by atoms with E-state index in [2.05, 4.69) is 58.8 Å². The summed E-state index contributed by atoms with van der Waals surface area (Å²) in [6.45, 7) is 4.25. The first kappa shape index (κ1) is 13.1. The van der Waals surface area contributed by atoms with Crippen LogP contribution in [0.1, 0.15) is 22.5 Å². The second kappa shape index (κ2) is 5.21. The molecule has 0 aliphatic rings. The van der Waals surface area contributed by atoms with E-state index < -0.39 is 0 Å². The highest BCUT2D eigenvalue weighted by Crippen LogP contribution is 2.25. The molecule has 2 aromatic heterocycles. The fourth-order valence-electron chi connectivity index (χ4n) is 2.52. The Morgan fingerprint density at radius 1 is 1.10 bits per heavy atom. The second-order valence-electron chi connectivity index (χ2n) is 5.05. The largest absolute Gasteiger partial charge is 0.372 e. The predicted molar refractivity (Wildman–Crippen MR) is 85.7 cm³/mol. The fraction of sp³-hybridized carbons (Fsp3) is 0.250. The summed E-state index contributed by atoms with van der Waals surface area (Å²) >= 11 is 1.66. The monoisotopic (exact) mass is 283 g/mol. The third-order valence-corrected chi connectivity index (χ3v) is 4.06. The van der Waals surface area contributed by atoms with Gasteiger partial charge >= 0.3 is 0 Å². The number of hydrogen-bond acceptors (Lipinski definition) is 4. The zero-order chi connectivity index (χ0) is 14.1. The number of aromatic nitrogens is 2. The maximum atomic E-state index is 4.67. The molecule has 0 amide bonds. The van der Waals surface area contributed by atoms with E-state index in [1.807, 2.05) is 7.05 Å². The number of hydrogen-bond donors (Lipinski definition) is 1. The van der Waals surface area contributed by atoms with Crippen LogP contribution < -0.4 is 5.32 Å². The number of aryl methyl sites for hydroxylation is 2. The standard InChI is InChI=1S/C16H17N3S/c1-10-6-11(2)8-12(7-10)9-14-18-15(17-3)13-4-5-20-16(13)19-14/h4-8H,9H2,1-3H3,(H,17,18,19). The van der Waals surface area contributed by atoms with Crippen LogP contribution in [0.3, 0.4) is 0 Å². The van der Waals surface area contributed by atoms with Gasteiger partial charge in [-0.3, -0.25) is 0 Å². The summed E-state index contributed by atoms with van der Waals surface area (Å²) in [5.74, 6) is 1.78. The summed E-state index contributed by atoms with van der Waals surface area (Å²) in [5, 5.41) is 6.32. The predicted octanol–water partition coefficient (Wildman–Crippen LogP) is 3.94. The molecular weight excluding hydrogens is 266 g/mol. The van der Waals surface area contributed by atoms with Crippen LogP contribution in [0.4, 0.5) is 5.82 Å². The molecular formula is C16H17N3S. The molecule has 0 bridgehead atoms. The highest BCUT2D eigenvalue weighted by Gasteiger charge is 2.08. The lowest BCUT2D eigenvalue weighted by Gasteiger charge is -2.07. The van der Waals surface area contributed by atoms with E-state index in [9.17, 15) is 0 Å². The molecule has 0 spiro atoms. The lowest BCUT2D eigenvalue weighted by Crippen LogP contribution is -2.01. The molecule has 0 aliphatic heterocycles. The molecule has 0 radical (unpaired) electrons. The van der Waals surface area contributed by atoms with Gasteiger partial charge in [-0.2, -0.15) is 0 Å². The fourth-order valence-corrected chi connectivity index (χ4v) is 3.31. The van der Waals surface area contributed by atoms with Gasteiger partial charge in [0.25, 0.3) is 0 Å². The summed E-state index contributed by atoms with van der Waals surface area (Å²) in [6, 6.07) is 8.65. The minimum Gasteiger partial charge on any atom is -0.372 e. The molecule has 0 aliphatic carbocycles. The average Bonchev–Trinajstić information content (AvgIpc) is 2.84. The SMILES string of the molecule is CNc1nc(Cc2cc(C)cc(C)c2)nc2sccc12. The van der Waals surface area contributed by atoms with Crippen molar-refractivity contribution in [3.63, 3.8) is 0 Å². The molecule has 1 N–H and O–H groups in total. The number of nitrogens with one attached hydrogen (secondary N) is 1. The minimum absolute atomic E-state index is 0.769. The van der Waals surface area contributed by atoms with Crippen molar-refractivity contribution in [1.29, 1.82) is 0 Å². The summed E-state index contributed by atoms with van der Waals surface area (Å²) in [6.07, 6.45) is 0.769. The van der Waals surface area contributed by atoms with E-state index in [1.54, 1.807) is 11.3 Å². The van der Waals surface area contributed by atoms with E-state index in [1.165, 1.54) is 16.7 Å². The van der Waals surface area contributed by atoms with Crippen LogP contribution in [0.2, 0.25) is 0 Å². The molecule has 102 valence electrons. The van der Waals surface area contributed by atoms with Crippen molar-refractivity contribution in [3.8, 4) is 0 Å². The Balaban J connectivity index is 2.01. The summed E-state index contributed by atoms with van der Waals surface area (Å²) in [4.78, 5) is 10.3. The number of nitrogens with zero attached hydrogens (tertiary/aromatic N) is 2. The van der Waals surface area contributed by atoms with Crippen LogP contribution in [0.25, 0.3) is 10.2 Å². The van der Waals surface area contributed by atoms with Crippen molar-refractivity contribution in [2.24, 2.45) is 0 Å². The van der Waals surface area contributed by atoms with Gasteiger partial charge in [0.1, 0.15) is 16.5 Å². The Hall–Kier alpha value is -1.94. The first-order valence-electron chi connectivity index (χ1n) is 6.65. The second-order valence-corrected chi connectivity index (χ2v) is 5.95. The molecule has 4 heteroatoms. The minimum atomic E-state index is 0.769. The van der Waals surface area contributed by atoms with E-state index in [0.717, 1.165) is 28.3 Å². The topological polar surface area (TPSA) is 37.8 Å². The third kappa shape index (κ3) is 2.51. The molecule has 0 atom stereocenters.